The van der Waals surface area contributed by atoms with Gasteiger partial charge in [-0.15, -0.1) is 0 Å². The molecule has 0 spiro atoms. The van der Waals surface area contributed by atoms with Crippen LogP contribution in [0, 0.1) is 19.8 Å². The maximum absolute atomic E-state index is 11.8. The zero-order valence-electron chi connectivity index (χ0n) is 14.1. The van der Waals surface area contributed by atoms with Gasteiger partial charge in [-0.1, -0.05) is 13.8 Å². The zero-order valence-corrected chi connectivity index (χ0v) is 14.1. The number of nitrogens with one attached hydrogen (secondary N) is 1. The summed E-state index contributed by atoms with van der Waals surface area (Å²) in [6.45, 7) is 8.02. The molecule has 1 saturated carbocycles. The summed E-state index contributed by atoms with van der Waals surface area (Å²) in [5.74, 6) is 0.568. The van der Waals surface area contributed by atoms with E-state index >= 15 is 0 Å². The Labute approximate surface area is 132 Å². The molecule has 1 aromatic heterocycles. The van der Waals surface area contributed by atoms with Crippen LogP contribution in [0.5, 0.6) is 6.01 Å². The number of amides is 1. The van der Waals surface area contributed by atoms with Gasteiger partial charge in [-0.3, -0.25) is 4.79 Å². The topological polar surface area (TPSA) is 64.1 Å². The monoisotopic (exact) mass is 305 g/mol. The average Bonchev–Trinajstić information content (AvgIpc) is 2.39. The molecule has 1 heterocycles. The SMILES string of the molecule is Cc1cc(C)nc(OC2CCC(NC(=O)CC(C)C)CC2)n1. The van der Waals surface area contributed by atoms with Crippen LogP contribution in [0.4, 0.5) is 0 Å². The van der Waals surface area contributed by atoms with E-state index in [4.69, 9.17) is 4.74 Å². The summed E-state index contributed by atoms with van der Waals surface area (Å²) in [6.07, 6.45) is 4.54. The highest BCUT2D eigenvalue weighted by molar-refractivity contribution is 5.76. The summed E-state index contributed by atoms with van der Waals surface area (Å²) in [4.78, 5) is 20.5. The van der Waals surface area contributed by atoms with Crippen molar-refractivity contribution in [3.63, 3.8) is 0 Å². The van der Waals surface area contributed by atoms with E-state index in [9.17, 15) is 4.79 Å². The predicted molar refractivity (Wildman–Crippen MR) is 85.8 cm³/mol. The Morgan fingerprint density at radius 3 is 2.36 bits per heavy atom. The van der Waals surface area contributed by atoms with Crippen LogP contribution in [0.25, 0.3) is 0 Å². The highest BCUT2D eigenvalue weighted by Crippen LogP contribution is 2.22. The minimum atomic E-state index is 0.152. The second kappa shape index (κ2) is 7.56. The van der Waals surface area contributed by atoms with Gasteiger partial charge in [0, 0.05) is 23.9 Å². The summed E-state index contributed by atoms with van der Waals surface area (Å²) >= 11 is 0. The third kappa shape index (κ3) is 5.28. The molecule has 0 aliphatic heterocycles. The first-order chi connectivity index (χ1) is 10.4. The maximum Gasteiger partial charge on any atom is 0.317 e. The molecule has 5 nitrogen and oxygen atoms in total. The molecule has 0 saturated heterocycles. The first-order valence-electron chi connectivity index (χ1n) is 8.20. The first kappa shape index (κ1) is 16.7. The Bertz CT molecular complexity index is 488. The van der Waals surface area contributed by atoms with Crippen LogP contribution in [0.3, 0.4) is 0 Å². The van der Waals surface area contributed by atoms with Crippen molar-refractivity contribution in [2.75, 3.05) is 0 Å². The molecule has 0 radical (unpaired) electrons. The number of nitrogens with zero attached hydrogens (tertiary/aromatic N) is 2. The van der Waals surface area contributed by atoms with E-state index < -0.39 is 0 Å². The van der Waals surface area contributed by atoms with Gasteiger partial charge in [0.2, 0.25) is 5.91 Å². The number of hydrogen-bond donors (Lipinski definition) is 1. The van der Waals surface area contributed by atoms with Crippen molar-refractivity contribution >= 4 is 5.91 Å². The lowest BCUT2D eigenvalue weighted by atomic mass is 9.92. The fourth-order valence-corrected chi connectivity index (χ4v) is 2.88. The number of aromatic nitrogens is 2. The van der Waals surface area contributed by atoms with E-state index in [-0.39, 0.29) is 18.1 Å². The first-order valence-corrected chi connectivity index (χ1v) is 8.20. The maximum atomic E-state index is 11.8. The summed E-state index contributed by atoms with van der Waals surface area (Å²) in [6, 6.07) is 2.70. The van der Waals surface area contributed by atoms with Crippen LogP contribution in [0.15, 0.2) is 6.07 Å². The Balaban J connectivity index is 1.78. The van der Waals surface area contributed by atoms with Crippen LogP contribution in [0.2, 0.25) is 0 Å². The van der Waals surface area contributed by atoms with Crippen LogP contribution < -0.4 is 10.1 Å². The lowest BCUT2D eigenvalue weighted by Gasteiger charge is -2.29. The lowest BCUT2D eigenvalue weighted by molar-refractivity contribution is -0.122. The van der Waals surface area contributed by atoms with Crippen LogP contribution >= 0.6 is 0 Å². The smallest absolute Gasteiger partial charge is 0.317 e. The molecule has 0 bridgehead atoms. The molecule has 1 amide bonds. The minimum absolute atomic E-state index is 0.152. The number of ether oxygens (including phenoxy) is 1. The van der Waals surface area contributed by atoms with Gasteiger partial charge in [0.05, 0.1) is 0 Å². The standard InChI is InChI=1S/C17H27N3O2/c1-11(2)9-16(21)20-14-5-7-15(8-6-14)22-17-18-12(3)10-13(4)19-17/h10-11,14-15H,5-9H2,1-4H3,(H,20,21). The second-order valence-corrected chi connectivity index (χ2v) is 6.69. The van der Waals surface area contributed by atoms with Gasteiger partial charge in [-0.2, -0.15) is 0 Å². The van der Waals surface area contributed by atoms with E-state index in [1.807, 2.05) is 19.9 Å². The zero-order chi connectivity index (χ0) is 16.1. The van der Waals surface area contributed by atoms with Gasteiger partial charge in [0.1, 0.15) is 6.10 Å². The molecule has 2 rings (SSSR count). The van der Waals surface area contributed by atoms with Crippen molar-refractivity contribution < 1.29 is 9.53 Å². The summed E-state index contributed by atoms with van der Waals surface area (Å²) in [5.41, 5.74) is 1.86. The van der Waals surface area contributed by atoms with Gasteiger partial charge in [-0.05, 0) is 51.5 Å². The molecule has 1 aliphatic carbocycles. The van der Waals surface area contributed by atoms with Crippen LogP contribution in [-0.4, -0.2) is 28.0 Å². The van der Waals surface area contributed by atoms with Crippen LogP contribution in [0.1, 0.15) is 57.3 Å². The number of carbonyl (C=O) groups is 1. The Morgan fingerprint density at radius 1 is 1.23 bits per heavy atom. The fraction of sp³-hybridized carbons (Fsp3) is 0.706. The van der Waals surface area contributed by atoms with Crippen molar-refractivity contribution in [1.82, 2.24) is 15.3 Å². The van der Waals surface area contributed by atoms with Gasteiger partial charge in [-0.25, -0.2) is 9.97 Å². The summed E-state index contributed by atoms with van der Waals surface area (Å²) < 4.78 is 5.90. The van der Waals surface area contributed by atoms with Crippen molar-refractivity contribution in [3.05, 3.63) is 17.5 Å². The molecule has 5 heteroatoms. The summed E-state index contributed by atoms with van der Waals surface area (Å²) in [7, 11) is 0. The highest BCUT2D eigenvalue weighted by atomic mass is 16.5. The molecular formula is C17H27N3O2. The van der Waals surface area contributed by atoms with E-state index in [0.29, 0.717) is 18.3 Å². The molecular weight excluding hydrogens is 278 g/mol. The van der Waals surface area contributed by atoms with Gasteiger partial charge in [0.15, 0.2) is 0 Å². The Morgan fingerprint density at radius 2 is 1.82 bits per heavy atom. The Kier molecular flexibility index (Phi) is 5.75. The normalized spacial score (nSPS) is 21.7. The van der Waals surface area contributed by atoms with Crippen molar-refractivity contribution in [1.29, 1.82) is 0 Å². The lowest BCUT2D eigenvalue weighted by Crippen LogP contribution is -2.40. The third-order valence-corrected chi connectivity index (χ3v) is 3.87. The van der Waals surface area contributed by atoms with Crippen LogP contribution in [-0.2, 0) is 4.79 Å². The largest absolute Gasteiger partial charge is 0.460 e. The van der Waals surface area contributed by atoms with E-state index in [2.05, 4.69) is 29.1 Å². The Hall–Kier alpha value is -1.65. The fourth-order valence-electron chi connectivity index (χ4n) is 2.88. The van der Waals surface area contributed by atoms with E-state index in [1.54, 1.807) is 0 Å². The molecule has 22 heavy (non-hydrogen) atoms. The van der Waals surface area contributed by atoms with E-state index in [1.165, 1.54) is 0 Å². The predicted octanol–water partition coefficient (Wildman–Crippen LogP) is 2.95. The van der Waals surface area contributed by atoms with Gasteiger partial charge in [0.25, 0.3) is 0 Å². The average molecular weight is 305 g/mol. The number of hydrogen-bond acceptors (Lipinski definition) is 4. The molecule has 0 aromatic carbocycles. The molecule has 0 atom stereocenters. The second-order valence-electron chi connectivity index (χ2n) is 6.69. The van der Waals surface area contributed by atoms with Crippen molar-refractivity contribution in [3.8, 4) is 6.01 Å². The van der Waals surface area contributed by atoms with Gasteiger partial charge >= 0.3 is 6.01 Å². The summed E-state index contributed by atoms with van der Waals surface area (Å²) in [5, 5.41) is 3.13. The quantitative estimate of drug-likeness (QED) is 0.908. The minimum Gasteiger partial charge on any atom is -0.460 e. The molecule has 1 fully saturated rings. The molecule has 122 valence electrons. The molecule has 1 N–H and O–H groups in total. The number of carbonyl (C=O) groups excluding carboxylic acids is 1. The number of rotatable bonds is 5. The van der Waals surface area contributed by atoms with Gasteiger partial charge < -0.3 is 10.1 Å². The molecule has 1 aliphatic rings. The third-order valence-electron chi connectivity index (χ3n) is 3.87. The molecule has 0 unspecified atom stereocenters. The highest BCUT2D eigenvalue weighted by Gasteiger charge is 2.24. The van der Waals surface area contributed by atoms with Crippen molar-refractivity contribution in [2.24, 2.45) is 5.92 Å². The van der Waals surface area contributed by atoms with E-state index in [0.717, 1.165) is 37.1 Å². The number of aryl methyl sites for hydroxylation is 2. The molecule has 1 aromatic rings. The van der Waals surface area contributed by atoms with Crippen molar-refractivity contribution in [2.45, 2.75) is 71.9 Å².